The Morgan fingerprint density at radius 1 is 1.14 bits per heavy atom. The third-order valence-electron chi connectivity index (χ3n) is 3.02. The van der Waals surface area contributed by atoms with Crippen LogP contribution >= 0.6 is 0 Å². The monoisotopic (exact) mass is 322 g/mol. The van der Waals surface area contributed by atoms with Crippen molar-refractivity contribution >= 4 is 21.4 Å². The summed E-state index contributed by atoms with van der Waals surface area (Å²) in [4.78, 5) is 9.94. The molecule has 0 aliphatic heterocycles. The fourth-order valence-electron chi connectivity index (χ4n) is 1.84. The van der Waals surface area contributed by atoms with Gasteiger partial charge in [-0.05, 0) is 30.7 Å². The Labute approximate surface area is 127 Å². The summed E-state index contributed by atoms with van der Waals surface area (Å²) in [7, 11) is -2.32. The lowest BCUT2D eigenvalue weighted by molar-refractivity contribution is -0.384. The highest BCUT2D eigenvalue weighted by molar-refractivity contribution is 7.92. The summed E-state index contributed by atoms with van der Waals surface area (Å²) in [5, 5.41) is 10.6. The molecule has 0 aromatic heterocycles. The fraction of sp³-hybridized carbons (Fsp3) is 0.143. The molecule has 116 valence electrons. The summed E-state index contributed by atoms with van der Waals surface area (Å²) in [6.07, 6.45) is 0. The molecule has 0 aliphatic rings. The number of non-ortho nitro benzene ring substituents is 1. The van der Waals surface area contributed by atoms with Gasteiger partial charge in [-0.3, -0.25) is 14.8 Å². The number of nitrogens with one attached hydrogen (secondary N) is 1. The first-order valence-electron chi connectivity index (χ1n) is 6.25. The Morgan fingerprint density at radius 3 is 2.32 bits per heavy atom. The lowest BCUT2D eigenvalue weighted by Gasteiger charge is -2.10. The van der Waals surface area contributed by atoms with Crippen LogP contribution in [-0.4, -0.2) is 20.5 Å². The van der Waals surface area contributed by atoms with Gasteiger partial charge in [-0.25, -0.2) is 8.42 Å². The van der Waals surface area contributed by atoms with Crippen molar-refractivity contribution in [3.05, 3.63) is 58.1 Å². The lowest BCUT2D eigenvalue weighted by Crippen LogP contribution is -2.13. The van der Waals surface area contributed by atoms with Crippen LogP contribution in [0.3, 0.4) is 0 Å². The van der Waals surface area contributed by atoms with Gasteiger partial charge in [0.15, 0.2) is 0 Å². The maximum Gasteiger partial charge on any atom is 0.269 e. The molecular formula is C14H14N2O5S. The average molecular weight is 322 g/mol. The number of nitro benzene ring substituents is 1. The number of anilines is 1. The van der Waals surface area contributed by atoms with E-state index in [-0.39, 0.29) is 10.6 Å². The molecule has 2 rings (SSSR count). The van der Waals surface area contributed by atoms with Gasteiger partial charge in [-0.1, -0.05) is 6.07 Å². The van der Waals surface area contributed by atoms with Crippen molar-refractivity contribution in [1.29, 1.82) is 0 Å². The van der Waals surface area contributed by atoms with Gasteiger partial charge in [0, 0.05) is 18.2 Å². The molecule has 1 N–H and O–H groups in total. The summed E-state index contributed by atoms with van der Waals surface area (Å²) in [5.41, 5.74) is 1.05. The van der Waals surface area contributed by atoms with Gasteiger partial charge in [0.05, 0.1) is 22.6 Å². The van der Waals surface area contributed by atoms with Crippen LogP contribution in [0.4, 0.5) is 11.4 Å². The summed E-state index contributed by atoms with van der Waals surface area (Å²) in [6, 6.07) is 9.57. The average Bonchev–Trinajstić information content (AvgIpc) is 2.49. The van der Waals surface area contributed by atoms with Gasteiger partial charge in [0.2, 0.25) is 0 Å². The minimum atomic E-state index is -3.82. The Bertz CT molecular complexity index is 800. The van der Waals surface area contributed by atoms with Gasteiger partial charge >= 0.3 is 0 Å². The predicted molar refractivity (Wildman–Crippen MR) is 81.6 cm³/mol. The number of sulfonamides is 1. The number of benzene rings is 2. The lowest BCUT2D eigenvalue weighted by atomic mass is 10.2. The second-order valence-corrected chi connectivity index (χ2v) is 6.22. The SMILES string of the molecule is COc1cc(NS(=O)(=O)c2ccc([N+](=O)[O-])cc2)ccc1C. The molecule has 0 heterocycles. The van der Waals surface area contributed by atoms with Crippen LogP contribution < -0.4 is 9.46 Å². The molecule has 2 aromatic rings. The van der Waals surface area contributed by atoms with Gasteiger partial charge < -0.3 is 4.74 Å². The van der Waals surface area contributed by atoms with Crippen molar-refractivity contribution in [3.8, 4) is 5.75 Å². The van der Waals surface area contributed by atoms with Gasteiger partial charge in [-0.2, -0.15) is 0 Å². The predicted octanol–water partition coefficient (Wildman–Crippen LogP) is 2.71. The molecule has 0 fully saturated rings. The number of aryl methyl sites for hydroxylation is 1. The van der Waals surface area contributed by atoms with Crippen LogP contribution in [0.1, 0.15) is 5.56 Å². The number of hydrogen-bond donors (Lipinski definition) is 1. The van der Waals surface area contributed by atoms with Crippen molar-refractivity contribution in [3.63, 3.8) is 0 Å². The van der Waals surface area contributed by atoms with Crippen LogP contribution in [0.25, 0.3) is 0 Å². The highest BCUT2D eigenvalue weighted by Gasteiger charge is 2.16. The first-order valence-corrected chi connectivity index (χ1v) is 7.74. The third kappa shape index (κ3) is 3.34. The zero-order valence-corrected chi connectivity index (χ0v) is 12.8. The molecule has 0 unspecified atom stereocenters. The molecule has 22 heavy (non-hydrogen) atoms. The van der Waals surface area contributed by atoms with E-state index >= 15 is 0 Å². The molecular weight excluding hydrogens is 308 g/mol. The van der Waals surface area contributed by atoms with E-state index in [9.17, 15) is 18.5 Å². The Kier molecular flexibility index (Phi) is 4.32. The van der Waals surface area contributed by atoms with E-state index in [2.05, 4.69) is 4.72 Å². The normalized spacial score (nSPS) is 11.0. The third-order valence-corrected chi connectivity index (χ3v) is 4.42. The number of methoxy groups -OCH3 is 1. The number of hydrogen-bond acceptors (Lipinski definition) is 5. The van der Waals surface area contributed by atoms with Gasteiger partial charge in [0.25, 0.3) is 15.7 Å². The van der Waals surface area contributed by atoms with Crippen molar-refractivity contribution in [2.24, 2.45) is 0 Å². The second-order valence-electron chi connectivity index (χ2n) is 4.54. The highest BCUT2D eigenvalue weighted by Crippen LogP contribution is 2.24. The summed E-state index contributed by atoms with van der Waals surface area (Å²) >= 11 is 0. The molecule has 7 nitrogen and oxygen atoms in total. The maximum absolute atomic E-state index is 12.2. The van der Waals surface area contributed by atoms with Gasteiger partial charge in [0.1, 0.15) is 5.75 Å². The van der Waals surface area contributed by atoms with E-state index in [4.69, 9.17) is 4.74 Å². The van der Waals surface area contributed by atoms with Gasteiger partial charge in [-0.15, -0.1) is 0 Å². The van der Waals surface area contributed by atoms with Crippen molar-refractivity contribution < 1.29 is 18.1 Å². The molecule has 0 bridgehead atoms. The quantitative estimate of drug-likeness (QED) is 0.674. The fourth-order valence-corrected chi connectivity index (χ4v) is 2.89. The largest absolute Gasteiger partial charge is 0.496 e. The molecule has 8 heteroatoms. The van der Waals surface area contributed by atoms with E-state index < -0.39 is 14.9 Å². The van der Waals surface area contributed by atoms with Crippen LogP contribution in [0, 0.1) is 17.0 Å². The molecule has 0 saturated carbocycles. The van der Waals surface area contributed by atoms with E-state index in [0.717, 1.165) is 17.7 Å². The molecule has 2 aromatic carbocycles. The van der Waals surface area contributed by atoms with Crippen molar-refractivity contribution in [2.45, 2.75) is 11.8 Å². The van der Waals surface area contributed by atoms with E-state index in [1.807, 2.05) is 6.92 Å². The van der Waals surface area contributed by atoms with Crippen LogP contribution in [-0.2, 0) is 10.0 Å². The molecule has 0 spiro atoms. The minimum Gasteiger partial charge on any atom is -0.496 e. The number of rotatable bonds is 5. The zero-order chi connectivity index (χ0) is 16.3. The number of ether oxygens (including phenoxy) is 1. The first kappa shape index (κ1) is 15.8. The molecule has 0 radical (unpaired) electrons. The molecule has 0 atom stereocenters. The minimum absolute atomic E-state index is 0.0577. The Balaban J connectivity index is 2.29. The summed E-state index contributed by atoms with van der Waals surface area (Å²) in [6.45, 7) is 1.84. The van der Waals surface area contributed by atoms with Crippen LogP contribution in [0.15, 0.2) is 47.4 Å². The molecule has 0 saturated heterocycles. The summed E-state index contributed by atoms with van der Waals surface area (Å²) in [5.74, 6) is 0.559. The summed E-state index contributed by atoms with van der Waals surface area (Å²) < 4.78 is 32.0. The Hall–Kier alpha value is -2.61. The number of nitro groups is 1. The van der Waals surface area contributed by atoms with Crippen molar-refractivity contribution in [1.82, 2.24) is 0 Å². The number of nitrogens with zero attached hydrogens (tertiary/aromatic N) is 1. The van der Waals surface area contributed by atoms with E-state index in [0.29, 0.717) is 11.4 Å². The van der Waals surface area contributed by atoms with E-state index in [1.165, 1.54) is 19.2 Å². The first-order chi connectivity index (χ1) is 10.3. The topological polar surface area (TPSA) is 98.5 Å². The van der Waals surface area contributed by atoms with Crippen LogP contribution in [0.5, 0.6) is 5.75 Å². The maximum atomic E-state index is 12.2. The van der Waals surface area contributed by atoms with Crippen LogP contribution in [0.2, 0.25) is 0 Å². The molecule has 0 amide bonds. The standard InChI is InChI=1S/C14H14N2O5S/c1-10-3-4-11(9-14(10)21-2)15-22(19,20)13-7-5-12(6-8-13)16(17)18/h3-9,15H,1-2H3. The van der Waals surface area contributed by atoms with Crippen molar-refractivity contribution in [2.75, 3.05) is 11.8 Å². The smallest absolute Gasteiger partial charge is 0.269 e. The molecule has 0 aliphatic carbocycles. The van der Waals surface area contributed by atoms with E-state index in [1.54, 1.807) is 18.2 Å². The Morgan fingerprint density at radius 2 is 1.77 bits per heavy atom. The second kappa shape index (κ2) is 6.02. The highest BCUT2D eigenvalue weighted by atomic mass is 32.2. The zero-order valence-electron chi connectivity index (χ0n) is 11.9.